The minimum atomic E-state index is -0.247. The summed E-state index contributed by atoms with van der Waals surface area (Å²) >= 11 is 2.98. The lowest BCUT2D eigenvalue weighted by molar-refractivity contribution is 0.102. The normalized spacial score (nSPS) is 10.6. The van der Waals surface area contributed by atoms with E-state index in [0.717, 1.165) is 23.8 Å². The maximum Gasteiger partial charge on any atom is 0.259 e. The van der Waals surface area contributed by atoms with Crippen molar-refractivity contribution in [2.24, 2.45) is 0 Å². The van der Waals surface area contributed by atoms with Gasteiger partial charge in [-0.05, 0) is 18.6 Å². The molecule has 0 saturated carbocycles. The van der Waals surface area contributed by atoms with E-state index in [1.807, 2.05) is 24.2 Å². The number of pyridine rings is 1. The van der Waals surface area contributed by atoms with Gasteiger partial charge in [0.2, 0.25) is 5.13 Å². The quantitative estimate of drug-likeness (QED) is 0.728. The molecule has 9 heteroatoms. The fourth-order valence-electron chi connectivity index (χ4n) is 2.04. The second kappa shape index (κ2) is 7.45. The average molecular weight is 360 g/mol. The summed E-state index contributed by atoms with van der Waals surface area (Å²) in [5, 5.41) is 11.8. The molecule has 3 aromatic heterocycles. The molecule has 0 bridgehead atoms. The first kappa shape index (κ1) is 16.5. The highest BCUT2D eigenvalue weighted by Gasteiger charge is 2.11. The fourth-order valence-corrected chi connectivity index (χ4v) is 3.40. The van der Waals surface area contributed by atoms with Gasteiger partial charge in [0.1, 0.15) is 11.3 Å². The summed E-state index contributed by atoms with van der Waals surface area (Å²) in [5.74, 6) is 0.553. The van der Waals surface area contributed by atoms with Crippen LogP contribution in [0.2, 0.25) is 0 Å². The van der Waals surface area contributed by atoms with Crippen LogP contribution in [0.5, 0.6) is 0 Å². The van der Waals surface area contributed by atoms with E-state index >= 15 is 0 Å². The summed E-state index contributed by atoms with van der Waals surface area (Å²) < 4.78 is 0. The lowest BCUT2D eigenvalue weighted by Crippen LogP contribution is -2.18. The van der Waals surface area contributed by atoms with Gasteiger partial charge in [0.05, 0.1) is 17.1 Å². The summed E-state index contributed by atoms with van der Waals surface area (Å²) in [7, 11) is 1.97. The second-order valence-corrected chi connectivity index (χ2v) is 7.07. The van der Waals surface area contributed by atoms with Crippen molar-refractivity contribution in [1.29, 1.82) is 0 Å². The van der Waals surface area contributed by atoms with Crippen molar-refractivity contribution in [2.45, 2.75) is 19.9 Å². The fraction of sp³-hybridized carbons (Fsp3) is 0.267. The Morgan fingerprint density at radius 1 is 1.29 bits per heavy atom. The lowest BCUT2D eigenvalue weighted by Gasteiger charge is -2.17. The van der Waals surface area contributed by atoms with Crippen LogP contribution < -0.4 is 10.2 Å². The largest absolute Gasteiger partial charge is 0.354 e. The highest BCUT2D eigenvalue weighted by Crippen LogP contribution is 2.19. The lowest BCUT2D eigenvalue weighted by atomic mass is 10.2. The molecule has 1 amide bonds. The summed E-state index contributed by atoms with van der Waals surface area (Å²) in [6.07, 6.45) is 4.42. The van der Waals surface area contributed by atoms with E-state index in [9.17, 15) is 4.79 Å². The van der Waals surface area contributed by atoms with Crippen LogP contribution in [0.15, 0.2) is 30.0 Å². The smallest absolute Gasteiger partial charge is 0.259 e. The van der Waals surface area contributed by atoms with E-state index in [-0.39, 0.29) is 5.91 Å². The standard InChI is InChI=1S/C15H16N6OS2/c1-3-13-17-7-11(24-13)8-21(2)12-5-4-10(6-16-12)14(22)19-15-20-18-9-23-15/h4-7,9H,3,8H2,1-2H3,(H,19,20,22). The molecule has 0 radical (unpaired) electrons. The number of hydrogen-bond donors (Lipinski definition) is 1. The third kappa shape index (κ3) is 3.92. The Labute approximate surface area is 147 Å². The molecule has 0 saturated heterocycles. The number of carbonyl (C=O) groups excluding carboxylic acids is 1. The van der Waals surface area contributed by atoms with E-state index in [4.69, 9.17) is 0 Å². The highest BCUT2D eigenvalue weighted by molar-refractivity contribution is 7.13. The summed E-state index contributed by atoms with van der Waals surface area (Å²) in [5.41, 5.74) is 2.04. The number of carbonyl (C=O) groups is 1. The van der Waals surface area contributed by atoms with Crippen LogP contribution in [0.25, 0.3) is 0 Å². The molecule has 124 valence electrons. The van der Waals surface area contributed by atoms with Gasteiger partial charge < -0.3 is 4.90 Å². The molecule has 0 atom stereocenters. The molecule has 3 rings (SSSR count). The molecule has 0 aromatic carbocycles. The molecule has 3 heterocycles. The van der Waals surface area contributed by atoms with Gasteiger partial charge in [-0.2, -0.15) is 0 Å². The minimum absolute atomic E-state index is 0.247. The van der Waals surface area contributed by atoms with Crippen LogP contribution in [0.1, 0.15) is 27.2 Å². The molecule has 0 spiro atoms. The van der Waals surface area contributed by atoms with Gasteiger partial charge in [0.25, 0.3) is 5.91 Å². The van der Waals surface area contributed by atoms with Gasteiger partial charge in [-0.1, -0.05) is 18.3 Å². The Kier molecular flexibility index (Phi) is 5.11. The van der Waals surface area contributed by atoms with Gasteiger partial charge in [-0.25, -0.2) is 9.97 Å². The zero-order valence-electron chi connectivity index (χ0n) is 13.3. The minimum Gasteiger partial charge on any atom is -0.354 e. The molecule has 0 fully saturated rings. The number of aryl methyl sites for hydroxylation is 1. The number of anilines is 2. The van der Waals surface area contributed by atoms with Crippen LogP contribution in [0, 0.1) is 0 Å². The van der Waals surface area contributed by atoms with Crippen LogP contribution in [0.4, 0.5) is 10.9 Å². The monoisotopic (exact) mass is 360 g/mol. The molecule has 0 aliphatic carbocycles. The van der Waals surface area contributed by atoms with E-state index in [2.05, 4.69) is 32.4 Å². The van der Waals surface area contributed by atoms with Crippen LogP contribution >= 0.6 is 22.7 Å². The van der Waals surface area contributed by atoms with Gasteiger partial charge in [-0.15, -0.1) is 21.5 Å². The molecule has 0 unspecified atom stereocenters. The predicted octanol–water partition coefficient (Wildman–Crippen LogP) is 2.84. The zero-order valence-corrected chi connectivity index (χ0v) is 14.9. The zero-order chi connectivity index (χ0) is 16.9. The van der Waals surface area contributed by atoms with Gasteiger partial charge in [0.15, 0.2) is 0 Å². The first-order valence-corrected chi connectivity index (χ1v) is 9.03. The van der Waals surface area contributed by atoms with Crippen LogP contribution in [-0.4, -0.2) is 33.1 Å². The second-order valence-electron chi connectivity index (χ2n) is 5.03. The topological polar surface area (TPSA) is 83.9 Å². The number of hydrogen-bond acceptors (Lipinski definition) is 8. The Morgan fingerprint density at radius 2 is 2.17 bits per heavy atom. The van der Waals surface area contributed by atoms with Crippen molar-refractivity contribution < 1.29 is 4.79 Å². The van der Waals surface area contributed by atoms with Crippen LogP contribution in [0.3, 0.4) is 0 Å². The number of amides is 1. The maximum atomic E-state index is 12.1. The van der Waals surface area contributed by atoms with Gasteiger partial charge in [0, 0.05) is 24.3 Å². The Bertz CT molecular complexity index is 800. The van der Waals surface area contributed by atoms with Crippen molar-refractivity contribution in [3.05, 3.63) is 45.5 Å². The molecule has 0 aliphatic heterocycles. The molecule has 1 N–H and O–H groups in total. The number of rotatable bonds is 6. The number of thiazole rings is 1. The average Bonchev–Trinajstić information content (AvgIpc) is 3.26. The summed E-state index contributed by atoms with van der Waals surface area (Å²) in [4.78, 5) is 24.0. The molecular weight excluding hydrogens is 344 g/mol. The van der Waals surface area contributed by atoms with Gasteiger partial charge in [-0.3, -0.25) is 10.1 Å². The first-order chi connectivity index (χ1) is 11.7. The van der Waals surface area contributed by atoms with E-state index in [1.54, 1.807) is 29.1 Å². The summed E-state index contributed by atoms with van der Waals surface area (Å²) in [6.45, 7) is 2.83. The molecule has 24 heavy (non-hydrogen) atoms. The third-order valence-corrected chi connectivity index (χ3v) is 5.01. The van der Waals surface area contributed by atoms with Crippen molar-refractivity contribution in [3.63, 3.8) is 0 Å². The molecule has 0 aliphatic rings. The number of aromatic nitrogens is 4. The van der Waals surface area contributed by atoms with Crippen molar-refractivity contribution in [3.8, 4) is 0 Å². The summed E-state index contributed by atoms with van der Waals surface area (Å²) in [6, 6.07) is 3.58. The molecular formula is C15H16N6OS2. The molecule has 7 nitrogen and oxygen atoms in total. The van der Waals surface area contributed by atoms with Gasteiger partial charge >= 0.3 is 0 Å². The van der Waals surface area contributed by atoms with Crippen molar-refractivity contribution >= 4 is 39.5 Å². The first-order valence-electron chi connectivity index (χ1n) is 7.34. The Hall–Kier alpha value is -2.39. The third-order valence-electron chi connectivity index (χ3n) is 3.28. The maximum absolute atomic E-state index is 12.1. The van der Waals surface area contributed by atoms with Crippen molar-refractivity contribution in [2.75, 3.05) is 17.3 Å². The number of nitrogens with zero attached hydrogens (tertiary/aromatic N) is 5. The van der Waals surface area contributed by atoms with E-state index < -0.39 is 0 Å². The molecule has 3 aromatic rings. The van der Waals surface area contributed by atoms with Crippen molar-refractivity contribution in [1.82, 2.24) is 20.2 Å². The SMILES string of the molecule is CCc1ncc(CN(C)c2ccc(C(=O)Nc3nncs3)cn2)s1. The van der Waals surface area contributed by atoms with Crippen LogP contribution in [-0.2, 0) is 13.0 Å². The Morgan fingerprint density at radius 3 is 2.79 bits per heavy atom. The van der Waals surface area contributed by atoms with E-state index in [1.165, 1.54) is 16.2 Å². The number of nitrogens with one attached hydrogen (secondary N) is 1. The highest BCUT2D eigenvalue weighted by atomic mass is 32.1. The Balaban J connectivity index is 1.63. The predicted molar refractivity (Wildman–Crippen MR) is 95.7 cm³/mol. The van der Waals surface area contributed by atoms with E-state index in [0.29, 0.717) is 10.7 Å².